The van der Waals surface area contributed by atoms with Crippen molar-refractivity contribution >= 4 is 5.97 Å². The van der Waals surface area contributed by atoms with Crippen molar-refractivity contribution in [3.8, 4) is 0 Å². The molecular weight excluding hydrogens is 230 g/mol. The summed E-state index contributed by atoms with van der Waals surface area (Å²) in [6, 6.07) is -0.172. The Morgan fingerprint density at radius 2 is 2.12 bits per heavy atom. The van der Waals surface area contributed by atoms with E-state index in [1.54, 1.807) is 0 Å². The van der Waals surface area contributed by atoms with Crippen molar-refractivity contribution in [2.24, 2.45) is 11.3 Å². The summed E-state index contributed by atoms with van der Waals surface area (Å²) in [5, 5.41) is 11.9. The third-order valence-electron chi connectivity index (χ3n) is 4.37. The zero-order valence-electron chi connectivity index (χ0n) is 9.46. The van der Waals surface area contributed by atoms with E-state index in [1.807, 2.05) is 4.90 Å². The van der Waals surface area contributed by atoms with Crippen LogP contribution in [0.5, 0.6) is 0 Å². The number of nitrogens with zero attached hydrogens (tertiary/aromatic N) is 1. The Morgan fingerprint density at radius 3 is 2.65 bits per heavy atom. The quantitative estimate of drug-likeness (QED) is 0.756. The van der Waals surface area contributed by atoms with Gasteiger partial charge in [0.1, 0.15) is 0 Å². The van der Waals surface area contributed by atoms with Gasteiger partial charge in [0.2, 0.25) is 0 Å². The fourth-order valence-corrected chi connectivity index (χ4v) is 3.07. The molecule has 0 radical (unpaired) electrons. The molecule has 4 nitrogen and oxygen atoms in total. The summed E-state index contributed by atoms with van der Waals surface area (Å²) in [5.74, 6) is -4.07. The van der Waals surface area contributed by atoms with Gasteiger partial charge in [-0.25, -0.2) is 8.78 Å². The SMILES string of the molecule is O=C(O)C1(CN2C[C@@H]3NCC(F)(F)[C@@H]3C2)CC1. The molecule has 0 unspecified atom stereocenters. The molecule has 0 amide bonds. The molecule has 2 atom stereocenters. The average molecular weight is 246 g/mol. The van der Waals surface area contributed by atoms with Crippen LogP contribution in [-0.4, -0.2) is 54.1 Å². The van der Waals surface area contributed by atoms with E-state index in [4.69, 9.17) is 5.11 Å². The van der Waals surface area contributed by atoms with E-state index in [2.05, 4.69) is 5.32 Å². The number of aliphatic carboxylic acids is 1. The lowest BCUT2D eigenvalue weighted by Gasteiger charge is -2.22. The number of halogens is 2. The van der Waals surface area contributed by atoms with Gasteiger partial charge in [0, 0.05) is 25.7 Å². The maximum atomic E-state index is 13.5. The Kier molecular flexibility index (Phi) is 2.26. The summed E-state index contributed by atoms with van der Waals surface area (Å²) in [5.41, 5.74) is -0.645. The zero-order valence-corrected chi connectivity index (χ0v) is 9.46. The first-order chi connectivity index (χ1) is 7.93. The largest absolute Gasteiger partial charge is 0.481 e. The number of hydrogen-bond donors (Lipinski definition) is 2. The highest BCUT2D eigenvalue weighted by atomic mass is 19.3. The minimum absolute atomic E-state index is 0.172. The minimum Gasteiger partial charge on any atom is -0.481 e. The van der Waals surface area contributed by atoms with Crippen LogP contribution in [0.1, 0.15) is 12.8 Å². The molecule has 0 aromatic rings. The number of nitrogens with one attached hydrogen (secondary N) is 1. The molecule has 0 bridgehead atoms. The molecule has 2 aliphatic heterocycles. The van der Waals surface area contributed by atoms with Gasteiger partial charge in [-0.2, -0.15) is 0 Å². The van der Waals surface area contributed by atoms with Gasteiger partial charge >= 0.3 is 5.97 Å². The highest BCUT2D eigenvalue weighted by molar-refractivity contribution is 5.78. The van der Waals surface area contributed by atoms with Gasteiger partial charge in [-0.3, -0.25) is 4.79 Å². The Labute approximate surface area is 98.0 Å². The Bertz CT molecular complexity index is 357. The number of carboxylic acids is 1. The number of fused-ring (bicyclic) bond motifs is 1. The lowest BCUT2D eigenvalue weighted by Crippen LogP contribution is -2.38. The van der Waals surface area contributed by atoms with E-state index >= 15 is 0 Å². The van der Waals surface area contributed by atoms with Crippen LogP contribution in [-0.2, 0) is 4.79 Å². The number of carboxylic acid groups (broad SMARTS) is 1. The molecule has 2 N–H and O–H groups in total. The van der Waals surface area contributed by atoms with Gasteiger partial charge in [0.25, 0.3) is 5.92 Å². The van der Waals surface area contributed by atoms with Gasteiger partial charge in [0.05, 0.1) is 17.9 Å². The van der Waals surface area contributed by atoms with Crippen molar-refractivity contribution in [3.05, 3.63) is 0 Å². The van der Waals surface area contributed by atoms with Crippen molar-refractivity contribution in [2.75, 3.05) is 26.2 Å². The van der Waals surface area contributed by atoms with Crippen molar-refractivity contribution in [2.45, 2.75) is 24.8 Å². The van der Waals surface area contributed by atoms with Crippen LogP contribution in [0.15, 0.2) is 0 Å². The third-order valence-corrected chi connectivity index (χ3v) is 4.37. The third kappa shape index (κ3) is 1.74. The number of carbonyl (C=O) groups is 1. The van der Waals surface area contributed by atoms with Crippen molar-refractivity contribution in [1.82, 2.24) is 10.2 Å². The second-order valence-corrected chi connectivity index (χ2v) is 5.63. The van der Waals surface area contributed by atoms with Gasteiger partial charge in [0.15, 0.2) is 0 Å². The molecule has 0 aromatic carbocycles. The van der Waals surface area contributed by atoms with E-state index in [1.165, 1.54) is 0 Å². The number of alkyl halides is 2. The normalized spacial score (nSPS) is 38.0. The van der Waals surface area contributed by atoms with Gasteiger partial charge in [-0.1, -0.05) is 0 Å². The summed E-state index contributed by atoms with van der Waals surface area (Å²) in [4.78, 5) is 12.9. The molecule has 17 heavy (non-hydrogen) atoms. The van der Waals surface area contributed by atoms with Crippen molar-refractivity contribution in [3.63, 3.8) is 0 Å². The first-order valence-electron chi connectivity index (χ1n) is 6.00. The number of hydrogen-bond acceptors (Lipinski definition) is 3. The highest BCUT2D eigenvalue weighted by Crippen LogP contribution is 2.48. The van der Waals surface area contributed by atoms with E-state index in [9.17, 15) is 13.6 Å². The maximum absolute atomic E-state index is 13.5. The topological polar surface area (TPSA) is 52.6 Å². The number of likely N-dealkylation sites (tertiary alicyclic amines) is 1. The molecule has 2 saturated heterocycles. The van der Waals surface area contributed by atoms with E-state index in [0.717, 1.165) is 0 Å². The molecule has 3 aliphatic rings. The molecule has 1 saturated carbocycles. The highest BCUT2D eigenvalue weighted by Gasteiger charge is 2.57. The first-order valence-corrected chi connectivity index (χ1v) is 6.00. The Morgan fingerprint density at radius 1 is 1.41 bits per heavy atom. The van der Waals surface area contributed by atoms with Crippen LogP contribution in [0.3, 0.4) is 0 Å². The fourth-order valence-electron chi connectivity index (χ4n) is 3.07. The van der Waals surface area contributed by atoms with Crippen LogP contribution in [0, 0.1) is 11.3 Å². The molecule has 6 heteroatoms. The van der Waals surface area contributed by atoms with E-state index in [-0.39, 0.29) is 12.6 Å². The van der Waals surface area contributed by atoms with Crippen LogP contribution < -0.4 is 5.32 Å². The summed E-state index contributed by atoms with van der Waals surface area (Å²) in [7, 11) is 0. The van der Waals surface area contributed by atoms with Crippen LogP contribution in [0.4, 0.5) is 8.78 Å². The molecular formula is C11H16F2N2O2. The Balaban J connectivity index is 1.64. The lowest BCUT2D eigenvalue weighted by molar-refractivity contribution is -0.144. The van der Waals surface area contributed by atoms with E-state index < -0.39 is 23.2 Å². The van der Waals surface area contributed by atoms with Crippen molar-refractivity contribution < 1.29 is 18.7 Å². The molecule has 0 aromatic heterocycles. The van der Waals surface area contributed by atoms with Crippen molar-refractivity contribution in [1.29, 1.82) is 0 Å². The summed E-state index contributed by atoms with van der Waals surface area (Å²) in [6.07, 6.45) is 1.36. The standard InChI is InChI=1S/C11H16F2N2O2/c12-11(13)5-14-8-4-15(3-7(8)11)6-10(1-2-10)9(16)17/h7-8,14H,1-6H2,(H,16,17)/t7-,8+/m1/s1. The maximum Gasteiger partial charge on any atom is 0.310 e. The fraction of sp³-hybridized carbons (Fsp3) is 0.909. The molecule has 0 spiro atoms. The van der Waals surface area contributed by atoms with E-state index in [0.29, 0.717) is 32.5 Å². The number of rotatable bonds is 3. The molecule has 3 rings (SSSR count). The monoisotopic (exact) mass is 246 g/mol. The second-order valence-electron chi connectivity index (χ2n) is 5.63. The first kappa shape index (κ1) is 11.3. The predicted octanol–water partition coefficient (Wildman–Crippen LogP) is 0.390. The smallest absolute Gasteiger partial charge is 0.310 e. The molecule has 96 valence electrons. The summed E-state index contributed by atoms with van der Waals surface area (Å²) >= 11 is 0. The average Bonchev–Trinajstić information content (AvgIpc) is 2.81. The van der Waals surface area contributed by atoms with Gasteiger partial charge in [-0.05, 0) is 12.8 Å². The summed E-state index contributed by atoms with van der Waals surface area (Å²) < 4.78 is 26.9. The predicted molar refractivity (Wildman–Crippen MR) is 56.0 cm³/mol. The Hall–Kier alpha value is -0.750. The summed E-state index contributed by atoms with van der Waals surface area (Å²) in [6.45, 7) is 1.06. The van der Waals surface area contributed by atoms with Gasteiger partial charge in [-0.15, -0.1) is 0 Å². The second kappa shape index (κ2) is 3.38. The molecule has 2 heterocycles. The van der Waals surface area contributed by atoms with Gasteiger partial charge < -0.3 is 15.3 Å². The molecule has 3 fully saturated rings. The molecule has 1 aliphatic carbocycles. The van der Waals surface area contributed by atoms with Crippen LogP contribution in [0.2, 0.25) is 0 Å². The lowest BCUT2D eigenvalue weighted by atomic mass is 10.0. The zero-order chi connectivity index (χ0) is 12.3. The minimum atomic E-state index is -2.64. The van der Waals surface area contributed by atoms with Crippen LogP contribution >= 0.6 is 0 Å². The van der Waals surface area contributed by atoms with Crippen LogP contribution in [0.25, 0.3) is 0 Å².